The van der Waals surface area contributed by atoms with Crippen molar-refractivity contribution in [3.63, 3.8) is 0 Å². The Labute approximate surface area is 173 Å². The van der Waals surface area contributed by atoms with Crippen molar-refractivity contribution in [2.75, 3.05) is 29.5 Å². The number of nitrogens with zero attached hydrogens (tertiary/aromatic N) is 1. The number of hydrogen-bond donors (Lipinski definition) is 1. The van der Waals surface area contributed by atoms with Gasteiger partial charge in [0, 0.05) is 24.7 Å². The van der Waals surface area contributed by atoms with Crippen LogP contribution >= 0.6 is 0 Å². The maximum atomic E-state index is 13.5. The number of ether oxygens (including phenoxy) is 1. The largest absolute Gasteiger partial charge is 0.465 e. The number of hydrogen-bond acceptors (Lipinski definition) is 5. The summed E-state index contributed by atoms with van der Waals surface area (Å²) in [5.41, 5.74) is 1.26. The highest BCUT2D eigenvalue weighted by atomic mass is 32.2. The summed E-state index contributed by atoms with van der Waals surface area (Å²) in [5, 5.41) is 2.67. The number of sulfonamides is 1. The van der Waals surface area contributed by atoms with Gasteiger partial charge in [-0.2, -0.15) is 0 Å². The van der Waals surface area contributed by atoms with E-state index in [1.165, 1.54) is 7.11 Å². The molecule has 162 valence electrons. The van der Waals surface area contributed by atoms with Crippen LogP contribution in [-0.2, 0) is 19.6 Å². The highest BCUT2D eigenvalue weighted by Crippen LogP contribution is 2.22. The third-order valence-corrected chi connectivity index (χ3v) is 5.56. The third-order valence-electron chi connectivity index (χ3n) is 4.37. The average molecular weight is 440 g/mol. The number of nitrogens with one attached hydrogen (secondary N) is 1. The van der Waals surface area contributed by atoms with Gasteiger partial charge in [-0.3, -0.25) is 9.10 Å². The smallest absolute Gasteiger partial charge is 0.338 e. The van der Waals surface area contributed by atoms with E-state index in [-0.39, 0.29) is 31.0 Å². The third kappa shape index (κ3) is 5.76. The molecule has 0 bridgehead atoms. The van der Waals surface area contributed by atoms with Crippen LogP contribution < -0.4 is 9.62 Å². The number of rotatable bonds is 8. The molecule has 30 heavy (non-hydrogen) atoms. The summed E-state index contributed by atoms with van der Waals surface area (Å²) in [6.45, 7) is 1.56. The van der Waals surface area contributed by atoms with Crippen molar-refractivity contribution in [1.29, 1.82) is 0 Å². The molecule has 0 aromatic heterocycles. The van der Waals surface area contributed by atoms with Gasteiger partial charge in [-0.05, 0) is 43.2 Å². The van der Waals surface area contributed by atoms with Gasteiger partial charge in [0.2, 0.25) is 15.9 Å². The van der Waals surface area contributed by atoms with Gasteiger partial charge in [0.1, 0.15) is 0 Å². The molecule has 0 atom stereocenters. The van der Waals surface area contributed by atoms with Gasteiger partial charge in [0.15, 0.2) is 11.6 Å². The zero-order valence-electron chi connectivity index (χ0n) is 16.7. The van der Waals surface area contributed by atoms with Gasteiger partial charge >= 0.3 is 5.97 Å². The summed E-state index contributed by atoms with van der Waals surface area (Å²) in [6.07, 6.45) is 1.04. The number of methoxy groups -OCH3 is 1. The highest BCUT2D eigenvalue weighted by Gasteiger charge is 2.19. The molecule has 0 unspecified atom stereocenters. The molecule has 0 radical (unpaired) electrons. The Balaban J connectivity index is 2.05. The van der Waals surface area contributed by atoms with Crippen LogP contribution in [0.4, 0.5) is 20.2 Å². The van der Waals surface area contributed by atoms with Crippen molar-refractivity contribution < 1.29 is 31.5 Å². The second kappa shape index (κ2) is 9.66. The normalized spacial score (nSPS) is 11.1. The van der Waals surface area contributed by atoms with Crippen LogP contribution in [0.5, 0.6) is 0 Å². The lowest BCUT2D eigenvalue weighted by atomic mass is 10.1. The second-order valence-corrected chi connectivity index (χ2v) is 8.46. The van der Waals surface area contributed by atoms with Crippen molar-refractivity contribution in [2.24, 2.45) is 0 Å². The van der Waals surface area contributed by atoms with Crippen molar-refractivity contribution >= 4 is 33.3 Å². The van der Waals surface area contributed by atoms with Gasteiger partial charge in [-0.25, -0.2) is 22.0 Å². The molecular formula is C20H22F2N2O5S. The van der Waals surface area contributed by atoms with Crippen LogP contribution in [-0.4, -0.2) is 40.2 Å². The quantitative estimate of drug-likeness (QED) is 0.636. The molecular weight excluding hydrogens is 418 g/mol. The molecule has 0 spiro atoms. The Morgan fingerprint density at radius 2 is 1.83 bits per heavy atom. The van der Waals surface area contributed by atoms with Crippen molar-refractivity contribution in [3.05, 3.63) is 59.2 Å². The van der Waals surface area contributed by atoms with E-state index in [0.717, 1.165) is 28.8 Å². The van der Waals surface area contributed by atoms with E-state index in [0.29, 0.717) is 16.8 Å². The fourth-order valence-corrected chi connectivity index (χ4v) is 3.78. The lowest BCUT2D eigenvalue weighted by Gasteiger charge is -2.22. The first-order valence-electron chi connectivity index (χ1n) is 8.95. The summed E-state index contributed by atoms with van der Waals surface area (Å²) in [5.74, 6) is -3.17. The lowest BCUT2D eigenvalue weighted by molar-refractivity contribution is -0.116. The Bertz CT molecular complexity index is 1060. The summed E-state index contributed by atoms with van der Waals surface area (Å²) in [6, 6.07) is 7.59. The van der Waals surface area contributed by atoms with E-state index in [1.807, 2.05) is 0 Å². The van der Waals surface area contributed by atoms with E-state index in [2.05, 4.69) is 5.32 Å². The minimum Gasteiger partial charge on any atom is -0.465 e. The monoisotopic (exact) mass is 440 g/mol. The summed E-state index contributed by atoms with van der Waals surface area (Å²) in [4.78, 5) is 24.0. The molecule has 0 aliphatic rings. The van der Waals surface area contributed by atoms with Crippen molar-refractivity contribution in [1.82, 2.24) is 0 Å². The summed E-state index contributed by atoms with van der Waals surface area (Å²) in [7, 11) is -2.51. The maximum Gasteiger partial charge on any atom is 0.338 e. The van der Waals surface area contributed by atoms with E-state index in [1.54, 1.807) is 25.1 Å². The second-order valence-electron chi connectivity index (χ2n) is 6.55. The molecule has 0 saturated heterocycles. The molecule has 2 aromatic carbocycles. The first kappa shape index (κ1) is 23.3. The molecule has 7 nitrogen and oxygen atoms in total. The Hall–Kier alpha value is -3.01. The van der Waals surface area contributed by atoms with Crippen LogP contribution in [0.3, 0.4) is 0 Å². The standard InChI is InChI=1S/C20H22F2N2O5S/c1-13-15(20(26)29-2)6-4-7-18(13)23-19(25)8-5-11-24(30(3,27)28)14-9-10-16(21)17(22)12-14/h4,6-7,9-10,12H,5,8,11H2,1-3H3,(H,23,25). The first-order valence-corrected chi connectivity index (χ1v) is 10.8. The Morgan fingerprint density at radius 1 is 1.13 bits per heavy atom. The molecule has 0 aliphatic heterocycles. The number of halogens is 2. The number of carbonyl (C=O) groups excluding carboxylic acids is 2. The fraction of sp³-hybridized carbons (Fsp3) is 0.300. The molecule has 10 heteroatoms. The molecule has 2 aromatic rings. The molecule has 0 heterocycles. The average Bonchev–Trinajstić information content (AvgIpc) is 2.67. The number of anilines is 2. The number of carbonyl (C=O) groups is 2. The molecule has 0 aliphatic carbocycles. The van der Waals surface area contributed by atoms with Gasteiger partial charge in [-0.1, -0.05) is 6.07 Å². The maximum absolute atomic E-state index is 13.5. The SMILES string of the molecule is COC(=O)c1cccc(NC(=O)CCCN(c2ccc(F)c(F)c2)S(C)(=O)=O)c1C. The zero-order valence-corrected chi connectivity index (χ0v) is 17.6. The lowest BCUT2D eigenvalue weighted by Crippen LogP contribution is -2.31. The predicted octanol–water partition coefficient (Wildman–Crippen LogP) is 3.24. The number of esters is 1. The van der Waals surface area contributed by atoms with E-state index in [4.69, 9.17) is 4.74 Å². The Morgan fingerprint density at radius 3 is 2.43 bits per heavy atom. The minimum atomic E-state index is -3.77. The topological polar surface area (TPSA) is 92.8 Å². The van der Waals surface area contributed by atoms with E-state index < -0.39 is 27.6 Å². The van der Waals surface area contributed by atoms with Crippen LogP contribution in [0.2, 0.25) is 0 Å². The Kier molecular flexibility index (Phi) is 7.49. The summed E-state index contributed by atoms with van der Waals surface area (Å²) >= 11 is 0. The van der Waals surface area contributed by atoms with E-state index >= 15 is 0 Å². The molecule has 2 rings (SSSR count). The highest BCUT2D eigenvalue weighted by molar-refractivity contribution is 7.92. The van der Waals surface area contributed by atoms with Crippen molar-refractivity contribution in [3.8, 4) is 0 Å². The first-order chi connectivity index (χ1) is 14.0. The van der Waals surface area contributed by atoms with Crippen LogP contribution in [0, 0.1) is 18.6 Å². The zero-order chi connectivity index (χ0) is 22.5. The number of benzene rings is 2. The molecule has 0 fully saturated rings. The van der Waals surface area contributed by atoms with Gasteiger partial charge < -0.3 is 10.1 Å². The van der Waals surface area contributed by atoms with Crippen LogP contribution in [0.15, 0.2) is 36.4 Å². The van der Waals surface area contributed by atoms with Gasteiger partial charge in [0.05, 0.1) is 24.6 Å². The fourth-order valence-electron chi connectivity index (χ4n) is 2.82. The predicted molar refractivity (Wildman–Crippen MR) is 109 cm³/mol. The molecule has 0 saturated carbocycles. The van der Waals surface area contributed by atoms with Crippen LogP contribution in [0.25, 0.3) is 0 Å². The molecule has 1 N–H and O–H groups in total. The van der Waals surface area contributed by atoms with Crippen molar-refractivity contribution in [2.45, 2.75) is 19.8 Å². The molecule has 1 amide bonds. The van der Waals surface area contributed by atoms with E-state index in [9.17, 15) is 26.8 Å². The number of amides is 1. The summed E-state index contributed by atoms with van der Waals surface area (Å²) < 4.78 is 56.3. The minimum absolute atomic E-state index is 0.0292. The van der Waals surface area contributed by atoms with Gasteiger partial charge in [-0.15, -0.1) is 0 Å². The van der Waals surface area contributed by atoms with Gasteiger partial charge in [0.25, 0.3) is 0 Å². The van der Waals surface area contributed by atoms with Crippen LogP contribution in [0.1, 0.15) is 28.8 Å².